The number of esters is 3. The highest BCUT2D eigenvalue weighted by Gasteiger charge is 2.70. The van der Waals surface area contributed by atoms with Crippen molar-refractivity contribution in [1.82, 2.24) is 5.32 Å². The molecule has 12 atom stereocenters. The summed E-state index contributed by atoms with van der Waals surface area (Å²) in [6, 6.07) is 0. The summed E-state index contributed by atoms with van der Waals surface area (Å²) in [5, 5.41) is 1.96. The third kappa shape index (κ3) is 8.93. The van der Waals surface area contributed by atoms with Crippen molar-refractivity contribution in [1.29, 1.82) is 0 Å². The molecule has 2 heterocycles. The summed E-state index contributed by atoms with van der Waals surface area (Å²) in [5.41, 5.74) is -0.227. The highest BCUT2D eigenvalue weighted by Crippen LogP contribution is 2.62. The van der Waals surface area contributed by atoms with Crippen LogP contribution >= 0.6 is 58.0 Å². The molecule has 2 fully saturated rings. The van der Waals surface area contributed by atoms with E-state index in [1.54, 1.807) is 26.0 Å². The van der Waals surface area contributed by atoms with Gasteiger partial charge in [0.25, 0.3) is 9.70 Å². The van der Waals surface area contributed by atoms with Crippen LogP contribution in [0.2, 0.25) is 0 Å². The zero-order chi connectivity index (χ0) is 40.8. The second kappa shape index (κ2) is 16.7. The average molecular weight is 870 g/mol. The fourth-order valence-electron chi connectivity index (χ4n) is 8.36. The number of carbonyl (C=O) groups is 6. The van der Waals surface area contributed by atoms with Crippen molar-refractivity contribution < 1.29 is 57.2 Å². The summed E-state index contributed by atoms with van der Waals surface area (Å²) in [6.07, 6.45) is 3.31. The Labute approximate surface area is 343 Å². The molecule has 0 aromatic carbocycles. The number of nitrogens with one attached hydrogen (secondary N) is 1. The van der Waals surface area contributed by atoms with E-state index in [0.29, 0.717) is 17.6 Å². The lowest BCUT2D eigenvalue weighted by Gasteiger charge is -2.49. The number of carbonyl (C=O) groups excluding carboxylic acids is 6. The van der Waals surface area contributed by atoms with Gasteiger partial charge >= 0.3 is 24.0 Å². The van der Waals surface area contributed by atoms with Crippen molar-refractivity contribution in [2.45, 2.75) is 104 Å². The molecule has 18 heteroatoms. The zero-order valence-electron chi connectivity index (χ0n) is 30.7. The van der Waals surface area contributed by atoms with Gasteiger partial charge in [0, 0.05) is 42.3 Å². The Balaban J connectivity index is 1.56. The Hall–Kier alpha value is -2.65. The van der Waals surface area contributed by atoms with Gasteiger partial charge in [-0.3, -0.25) is 19.7 Å². The number of amides is 2. The highest BCUT2D eigenvalue weighted by molar-refractivity contribution is 6.76. The minimum Gasteiger partial charge on any atom is -0.458 e. The van der Waals surface area contributed by atoms with Gasteiger partial charge in [0.1, 0.15) is 42.5 Å². The maximum atomic E-state index is 13.8. The van der Waals surface area contributed by atoms with Crippen LogP contribution in [0.25, 0.3) is 0 Å². The molecule has 55 heavy (non-hydrogen) atoms. The maximum Gasteiger partial charge on any atom is 0.414 e. The number of hydrogen-bond donors (Lipinski definition) is 1. The molecule has 1 spiro atoms. The van der Waals surface area contributed by atoms with Crippen molar-refractivity contribution in [3.63, 3.8) is 0 Å². The molecule has 5 aliphatic rings. The summed E-state index contributed by atoms with van der Waals surface area (Å²) in [6.45, 7) is 8.07. The molecular formula is C37H42Cl5NO12. The third-order valence-corrected chi connectivity index (χ3v) is 11.9. The topological polar surface area (TPSA) is 170 Å². The molecule has 2 amide bonds. The van der Waals surface area contributed by atoms with Gasteiger partial charge in [-0.2, -0.15) is 0 Å². The largest absolute Gasteiger partial charge is 0.458 e. The van der Waals surface area contributed by atoms with Crippen LogP contribution in [0.3, 0.4) is 0 Å². The van der Waals surface area contributed by atoms with Crippen LogP contribution in [0.4, 0.5) is 4.79 Å². The number of cyclic esters (lactones) is 1. The van der Waals surface area contributed by atoms with Crippen molar-refractivity contribution in [2.75, 3.05) is 7.11 Å². The van der Waals surface area contributed by atoms with Crippen LogP contribution in [0, 0.1) is 29.6 Å². The van der Waals surface area contributed by atoms with Gasteiger partial charge in [-0.05, 0) is 39.2 Å². The number of alkyl halides is 5. The molecule has 302 valence electrons. The van der Waals surface area contributed by atoms with Gasteiger partial charge < -0.3 is 28.4 Å². The van der Waals surface area contributed by atoms with Crippen LogP contribution in [0.1, 0.15) is 53.9 Å². The molecule has 0 radical (unpaired) electrons. The first kappa shape index (κ1) is 43.5. The molecule has 13 nitrogen and oxygen atoms in total. The number of imide groups is 1. The molecule has 0 aromatic heterocycles. The second-order valence-corrected chi connectivity index (χ2v) is 18.6. The molecule has 0 aromatic rings. The number of rotatable bonds is 9. The van der Waals surface area contributed by atoms with E-state index in [-0.39, 0.29) is 6.42 Å². The molecular weight excluding hydrogens is 828 g/mol. The van der Waals surface area contributed by atoms with Crippen molar-refractivity contribution in [3.05, 3.63) is 47.6 Å². The van der Waals surface area contributed by atoms with Crippen LogP contribution < -0.4 is 5.32 Å². The van der Waals surface area contributed by atoms with E-state index in [1.807, 2.05) is 36.5 Å². The highest BCUT2D eigenvalue weighted by atomic mass is 35.6. The molecule has 4 bridgehead atoms. The summed E-state index contributed by atoms with van der Waals surface area (Å²) >= 11 is 28.9. The van der Waals surface area contributed by atoms with Gasteiger partial charge in [0.15, 0.2) is 16.2 Å². The Bertz CT molecular complexity index is 1720. The van der Waals surface area contributed by atoms with Crippen molar-refractivity contribution >= 4 is 93.7 Å². The van der Waals surface area contributed by atoms with Crippen LogP contribution in [0.15, 0.2) is 47.6 Å². The number of Topliss-reactive ketones (excluding diaryl/α,β-unsaturated/α-hetero) is 1. The van der Waals surface area contributed by atoms with Crippen LogP contribution in [-0.2, 0) is 52.4 Å². The molecule has 2 aliphatic heterocycles. The van der Waals surface area contributed by atoms with E-state index in [0.717, 1.165) is 0 Å². The summed E-state index contributed by atoms with van der Waals surface area (Å²) < 4.78 is 32.2. The molecule has 1 N–H and O–H groups in total. The van der Waals surface area contributed by atoms with Gasteiger partial charge in [-0.25, -0.2) is 14.4 Å². The van der Waals surface area contributed by atoms with Crippen LogP contribution in [-0.4, -0.2) is 93.2 Å². The number of alkyl carbamates (subject to hydrolysis) is 1. The molecule has 0 unspecified atom stereocenters. The average Bonchev–Trinajstić information content (AvgIpc) is 3.68. The normalized spacial score (nSPS) is 35.6. The Kier molecular flexibility index (Phi) is 13.2. The standard InChI is InChI=1S/C37H42Cl5NO12/c1-16-13-17(2)36-21(14-23(50-6)32(47)52-27(16)19(4)51-25(45)15-24(44)35(5,38)39)11-12-22-26(36)28(54-34(49)43-33(48)37(40,41)42)18(3)29(30(22)55-36)53-31(46)20-9-7-8-10-20/h7-9,11-13,16,18-19,21-23,26-30H,10,14-15H2,1-6H3,(H,43,48,49)/b17-13+/t16-,18-,19-,21-,22-,23+,26+,27+,28-,29-,30-,36+/m1/s1. The lowest BCUT2D eigenvalue weighted by molar-refractivity contribution is -0.179. The number of ether oxygens (including phenoxy) is 6. The lowest BCUT2D eigenvalue weighted by Crippen LogP contribution is -2.59. The molecule has 1 saturated carbocycles. The number of ketones is 1. The fraction of sp³-hybridized carbons (Fsp3) is 0.622. The van der Waals surface area contributed by atoms with Gasteiger partial charge in [-0.15, -0.1) is 0 Å². The maximum absolute atomic E-state index is 13.8. The number of hydrogen-bond acceptors (Lipinski definition) is 12. The summed E-state index contributed by atoms with van der Waals surface area (Å²) in [4.78, 5) is 78.1. The quantitative estimate of drug-likeness (QED) is 0.0948. The summed E-state index contributed by atoms with van der Waals surface area (Å²) in [7, 11) is 1.35. The first-order valence-corrected chi connectivity index (χ1v) is 19.5. The number of allylic oxidation sites excluding steroid dienone is 3. The van der Waals surface area contributed by atoms with E-state index in [2.05, 4.69) is 0 Å². The van der Waals surface area contributed by atoms with Gasteiger partial charge in [0.05, 0.1) is 0 Å². The Morgan fingerprint density at radius 3 is 2.35 bits per heavy atom. The minimum atomic E-state index is -2.47. The lowest BCUT2D eigenvalue weighted by atomic mass is 9.57. The fourth-order valence-corrected chi connectivity index (χ4v) is 8.63. The Morgan fingerprint density at radius 1 is 1.05 bits per heavy atom. The van der Waals surface area contributed by atoms with Crippen molar-refractivity contribution in [2.24, 2.45) is 29.6 Å². The van der Waals surface area contributed by atoms with E-state index < -0.39 is 122 Å². The monoisotopic (exact) mass is 867 g/mol. The predicted molar refractivity (Wildman–Crippen MR) is 200 cm³/mol. The zero-order valence-corrected chi connectivity index (χ0v) is 34.5. The van der Waals surface area contributed by atoms with Gasteiger partial charge in [-0.1, -0.05) is 108 Å². The first-order valence-electron chi connectivity index (χ1n) is 17.6. The van der Waals surface area contributed by atoms with Gasteiger partial charge in [0.2, 0.25) is 0 Å². The summed E-state index contributed by atoms with van der Waals surface area (Å²) in [5.74, 6) is -7.31. The molecule has 3 aliphatic carbocycles. The molecule has 1 saturated heterocycles. The first-order chi connectivity index (χ1) is 25.6. The van der Waals surface area contributed by atoms with E-state index in [1.165, 1.54) is 21.0 Å². The number of methoxy groups -OCH3 is 1. The minimum absolute atomic E-state index is 0.0306. The number of halogens is 5. The van der Waals surface area contributed by atoms with E-state index in [9.17, 15) is 28.8 Å². The molecule has 5 rings (SSSR count). The Morgan fingerprint density at radius 2 is 1.75 bits per heavy atom. The van der Waals surface area contributed by atoms with E-state index in [4.69, 9.17) is 86.4 Å². The third-order valence-electron chi connectivity index (χ3n) is 10.9. The predicted octanol–water partition coefficient (Wildman–Crippen LogP) is 5.98. The van der Waals surface area contributed by atoms with Crippen molar-refractivity contribution in [3.8, 4) is 0 Å². The smallest absolute Gasteiger partial charge is 0.414 e. The van der Waals surface area contributed by atoms with Crippen LogP contribution in [0.5, 0.6) is 0 Å². The van der Waals surface area contributed by atoms with E-state index >= 15 is 0 Å². The SMILES string of the molecule is CO[C@H]1C[C@H]2C=C[C@H]3[C@H]4O[C@]2(/C(C)=C/[C@@H](C)[C@@H]([C@@H](C)OC(=O)CC(=O)C(C)(Cl)Cl)OC1=O)[C@@H]3[C@H](OC(=O)NC(=O)C(Cl)(Cl)Cl)[C@@H](C)[C@H]4OC(=O)C1=CC=CC1. The second-order valence-electron chi connectivity index (χ2n) is 14.6.